The number of phenols is 1. The molecule has 0 saturated heterocycles. The van der Waals surface area contributed by atoms with Gasteiger partial charge in [-0.1, -0.05) is 18.2 Å². The van der Waals surface area contributed by atoms with Crippen molar-refractivity contribution in [2.24, 2.45) is 5.41 Å². The van der Waals surface area contributed by atoms with E-state index in [4.69, 9.17) is 0 Å². The second-order valence-corrected chi connectivity index (χ2v) is 8.94. The third kappa shape index (κ3) is 5.59. The number of rotatable bonds is 9. The number of aryl methyl sites for hydroxylation is 1. The van der Waals surface area contributed by atoms with Crippen LogP contribution in [-0.2, 0) is 11.2 Å². The van der Waals surface area contributed by atoms with Crippen molar-refractivity contribution in [2.45, 2.75) is 50.7 Å². The zero-order chi connectivity index (χ0) is 23.5. The summed E-state index contributed by atoms with van der Waals surface area (Å²) in [5, 5.41) is 12.3. The minimum absolute atomic E-state index is 0.0312. The van der Waals surface area contributed by atoms with Crippen LogP contribution < -0.4 is 5.32 Å². The Labute approximate surface area is 186 Å². The first kappa shape index (κ1) is 24.0. The van der Waals surface area contributed by atoms with Crippen molar-refractivity contribution in [2.75, 3.05) is 20.6 Å². The number of aromatic nitrogens is 1. The van der Waals surface area contributed by atoms with Crippen molar-refractivity contribution < 1.29 is 23.1 Å². The van der Waals surface area contributed by atoms with Gasteiger partial charge in [0.1, 0.15) is 5.75 Å². The Balaban J connectivity index is 1.69. The van der Waals surface area contributed by atoms with Crippen LogP contribution in [0.5, 0.6) is 5.75 Å². The quantitative estimate of drug-likeness (QED) is 0.602. The molecule has 1 heterocycles. The van der Waals surface area contributed by atoms with Crippen molar-refractivity contribution >= 4 is 5.91 Å². The first-order chi connectivity index (χ1) is 15.0. The van der Waals surface area contributed by atoms with E-state index in [0.717, 1.165) is 11.3 Å². The first-order valence-corrected chi connectivity index (χ1v) is 10.7. The lowest BCUT2D eigenvalue weighted by Crippen LogP contribution is -2.42. The predicted molar refractivity (Wildman–Crippen MR) is 116 cm³/mol. The average Bonchev–Trinajstić information content (AvgIpc) is 3.53. The number of nitrogens with zero attached hydrogens (tertiary/aromatic N) is 2. The van der Waals surface area contributed by atoms with E-state index in [1.165, 1.54) is 6.20 Å². The van der Waals surface area contributed by atoms with E-state index in [9.17, 15) is 23.1 Å². The highest BCUT2D eigenvalue weighted by molar-refractivity contribution is 5.77. The van der Waals surface area contributed by atoms with Crippen LogP contribution in [0.4, 0.5) is 13.2 Å². The van der Waals surface area contributed by atoms with Gasteiger partial charge < -0.3 is 15.3 Å². The molecular weight excluding hydrogens is 419 g/mol. The van der Waals surface area contributed by atoms with E-state index >= 15 is 0 Å². The normalized spacial score (nSPS) is 17.1. The minimum atomic E-state index is -4.37. The minimum Gasteiger partial charge on any atom is -0.508 e. The molecule has 2 atom stereocenters. The van der Waals surface area contributed by atoms with Gasteiger partial charge in [-0.25, -0.2) is 0 Å². The van der Waals surface area contributed by atoms with Gasteiger partial charge in [-0.15, -0.1) is 0 Å². The van der Waals surface area contributed by atoms with Gasteiger partial charge in [-0.2, -0.15) is 13.2 Å². The number of nitrogens with one attached hydrogen (secondary N) is 1. The van der Waals surface area contributed by atoms with E-state index in [1.807, 2.05) is 31.1 Å². The molecule has 2 N–H and O–H groups in total. The number of carbonyl (C=O) groups excluding carboxylic acids is 1. The van der Waals surface area contributed by atoms with Gasteiger partial charge in [0.25, 0.3) is 0 Å². The summed E-state index contributed by atoms with van der Waals surface area (Å²) in [6, 6.07) is 10.1. The Hall–Kier alpha value is -2.61. The zero-order valence-corrected chi connectivity index (χ0v) is 18.6. The molecule has 0 spiro atoms. The molecule has 0 bridgehead atoms. The van der Waals surface area contributed by atoms with Gasteiger partial charge in [-0.3, -0.25) is 9.78 Å². The van der Waals surface area contributed by atoms with Crippen LogP contribution >= 0.6 is 0 Å². The molecule has 1 amide bonds. The molecule has 2 aromatic rings. The Morgan fingerprint density at radius 2 is 1.84 bits per heavy atom. The highest BCUT2D eigenvalue weighted by Crippen LogP contribution is 2.66. The van der Waals surface area contributed by atoms with Gasteiger partial charge in [0.15, 0.2) is 0 Å². The highest BCUT2D eigenvalue weighted by Gasteiger charge is 2.67. The summed E-state index contributed by atoms with van der Waals surface area (Å²) < 4.78 is 41.6. The van der Waals surface area contributed by atoms with Crippen LogP contribution in [0.15, 0.2) is 42.6 Å². The van der Waals surface area contributed by atoms with Crippen molar-refractivity contribution in [3.63, 3.8) is 0 Å². The Bertz CT molecular complexity index is 908. The molecule has 174 valence electrons. The van der Waals surface area contributed by atoms with Crippen molar-refractivity contribution in [1.82, 2.24) is 15.2 Å². The monoisotopic (exact) mass is 449 g/mol. The molecule has 1 aromatic heterocycles. The number of aromatic hydroxyl groups is 1. The fraction of sp³-hybridized carbons (Fsp3) is 0.500. The molecule has 0 radical (unpaired) electrons. The van der Waals surface area contributed by atoms with Gasteiger partial charge in [0, 0.05) is 36.8 Å². The molecule has 1 fully saturated rings. The number of pyridine rings is 1. The number of amides is 1. The SMILES string of the molecule is Cc1ccc([C@H](CC(=O)NC[C@H](Cc2ccc(O)cc2)N(C)C)C2(C(F)(F)F)CC2)cn1. The number of halogens is 3. The number of hydrogen-bond acceptors (Lipinski definition) is 4. The fourth-order valence-electron chi connectivity index (χ4n) is 4.11. The topological polar surface area (TPSA) is 65.5 Å². The van der Waals surface area contributed by atoms with Crippen LogP contribution in [0.2, 0.25) is 0 Å². The van der Waals surface area contributed by atoms with E-state index < -0.39 is 23.4 Å². The van der Waals surface area contributed by atoms with E-state index in [1.54, 1.807) is 31.2 Å². The maximum absolute atomic E-state index is 13.9. The summed E-state index contributed by atoms with van der Waals surface area (Å²) >= 11 is 0. The largest absolute Gasteiger partial charge is 0.508 e. The number of likely N-dealkylation sites (N-methyl/N-ethyl adjacent to an activating group) is 1. The molecule has 5 nitrogen and oxygen atoms in total. The summed E-state index contributed by atoms with van der Waals surface area (Å²) in [4.78, 5) is 18.9. The third-order valence-corrected chi connectivity index (χ3v) is 6.42. The van der Waals surface area contributed by atoms with Crippen LogP contribution in [0, 0.1) is 12.3 Å². The summed E-state index contributed by atoms with van der Waals surface area (Å²) in [7, 11) is 3.78. The Kier molecular flexibility index (Phi) is 7.12. The van der Waals surface area contributed by atoms with Gasteiger partial charge >= 0.3 is 6.18 Å². The molecule has 1 saturated carbocycles. The molecule has 1 aromatic carbocycles. The fourth-order valence-corrected chi connectivity index (χ4v) is 4.11. The molecule has 3 rings (SSSR count). The van der Waals surface area contributed by atoms with E-state index in [2.05, 4.69) is 10.3 Å². The summed E-state index contributed by atoms with van der Waals surface area (Å²) in [5.74, 6) is -1.17. The zero-order valence-electron chi connectivity index (χ0n) is 18.6. The van der Waals surface area contributed by atoms with Crippen LogP contribution in [0.3, 0.4) is 0 Å². The lowest BCUT2D eigenvalue weighted by molar-refractivity contribution is -0.194. The number of hydrogen-bond donors (Lipinski definition) is 2. The van der Waals surface area contributed by atoms with E-state index in [0.29, 0.717) is 18.5 Å². The molecule has 0 aliphatic heterocycles. The molecular formula is C24H30F3N3O2. The Morgan fingerprint density at radius 1 is 1.19 bits per heavy atom. The molecule has 8 heteroatoms. The predicted octanol–water partition coefficient (Wildman–Crippen LogP) is 4.20. The van der Waals surface area contributed by atoms with Crippen molar-refractivity contribution in [1.29, 1.82) is 0 Å². The lowest BCUT2D eigenvalue weighted by Gasteiger charge is -2.30. The standard InChI is InChI=1S/C24H30F3N3O2/c1-16-4-7-18(14-28-16)21(23(10-11-23)24(25,26)27)13-22(32)29-15-19(30(2)3)12-17-5-8-20(31)9-6-17/h4-9,14,19,21,31H,10-13,15H2,1-3H3,(H,29,32)/t19-,21-/m0/s1. The van der Waals surface area contributed by atoms with Crippen LogP contribution in [0.25, 0.3) is 0 Å². The van der Waals surface area contributed by atoms with Crippen molar-refractivity contribution in [3.05, 3.63) is 59.4 Å². The second kappa shape index (κ2) is 9.48. The van der Waals surface area contributed by atoms with Gasteiger partial charge in [0.05, 0.1) is 5.41 Å². The average molecular weight is 450 g/mol. The van der Waals surface area contributed by atoms with Crippen molar-refractivity contribution in [3.8, 4) is 5.75 Å². The number of benzene rings is 1. The molecule has 1 aliphatic carbocycles. The highest BCUT2D eigenvalue weighted by atomic mass is 19.4. The summed E-state index contributed by atoms with van der Waals surface area (Å²) in [6.45, 7) is 2.09. The number of phenolic OH excluding ortho intramolecular Hbond substituents is 1. The van der Waals surface area contributed by atoms with Gasteiger partial charge in [-0.05, 0) is 69.6 Å². The molecule has 0 unspecified atom stereocenters. The second-order valence-electron chi connectivity index (χ2n) is 8.94. The summed E-state index contributed by atoms with van der Waals surface area (Å²) in [6.07, 6.45) is -2.44. The molecule has 32 heavy (non-hydrogen) atoms. The van der Waals surface area contributed by atoms with Crippen LogP contribution in [0.1, 0.15) is 42.0 Å². The molecule has 1 aliphatic rings. The van der Waals surface area contributed by atoms with E-state index in [-0.39, 0.29) is 31.1 Å². The maximum Gasteiger partial charge on any atom is 0.395 e. The number of alkyl halides is 3. The van der Waals surface area contributed by atoms with Crippen LogP contribution in [-0.4, -0.2) is 53.8 Å². The Morgan fingerprint density at radius 3 is 2.34 bits per heavy atom. The third-order valence-electron chi connectivity index (χ3n) is 6.42. The first-order valence-electron chi connectivity index (χ1n) is 10.7. The maximum atomic E-state index is 13.9. The number of carbonyl (C=O) groups is 1. The summed E-state index contributed by atoms with van der Waals surface area (Å²) in [5.41, 5.74) is 0.313. The van der Waals surface area contributed by atoms with Gasteiger partial charge in [0.2, 0.25) is 5.91 Å². The lowest BCUT2D eigenvalue weighted by atomic mass is 9.80. The smallest absolute Gasteiger partial charge is 0.395 e.